The minimum Gasteiger partial charge on any atom is -0.493 e. The molecule has 5 nitrogen and oxygen atoms in total. The first kappa shape index (κ1) is 15.1. The van der Waals surface area contributed by atoms with Crippen LogP contribution >= 0.6 is 11.6 Å². The van der Waals surface area contributed by atoms with Crippen molar-refractivity contribution >= 4 is 17.3 Å². The van der Waals surface area contributed by atoms with Gasteiger partial charge >= 0.3 is 0 Å². The summed E-state index contributed by atoms with van der Waals surface area (Å²) in [5.41, 5.74) is 1.28. The Morgan fingerprint density at radius 1 is 1.19 bits per heavy atom. The second-order valence-corrected chi connectivity index (χ2v) is 4.56. The number of nitrogens with zero attached hydrogens (tertiary/aromatic N) is 1. The van der Waals surface area contributed by atoms with Crippen molar-refractivity contribution < 1.29 is 14.4 Å². The molecule has 0 atom stereocenters. The molecule has 0 saturated carbocycles. The van der Waals surface area contributed by atoms with Gasteiger partial charge in [0.15, 0.2) is 11.5 Å². The third-order valence-corrected chi connectivity index (χ3v) is 3.23. The summed E-state index contributed by atoms with van der Waals surface area (Å²) in [5, 5.41) is 11.1. The Balaban J connectivity index is 2.29. The maximum absolute atomic E-state index is 11.1. The van der Waals surface area contributed by atoms with Gasteiger partial charge in [-0.05, 0) is 11.6 Å². The van der Waals surface area contributed by atoms with Crippen LogP contribution in [0.15, 0.2) is 42.5 Å². The first-order valence-corrected chi connectivity index (χ1v) is 6.77. The van der Waals surface area contributed by atoms with E-state index in [4.69, 9.17) is 21.1 Å². The van der Waals surface area contributed by atoms with E-state index in [-0.39, 0.29) is 11.6 Å². The molecule has 0 aliphatic rings. The fourth-order valence-corrected chi connectivity index (χ4v) is 2.09. The van der Waals surface area contributed by atoms with Crippen molar-refractivity contribution in [1.29, 1.82) is 0 Å². The first-order chi connectivity index (χ1) is 10.2. The van der Waals surface area contributed by atoms with E-state index in [1.54, 1.807) is 0 Å². The Kier molecular flexibility index (Phi) is 5.00. The zero-order valence-electron chi connectivity index (χ0n) is 11.4. The summed E-state index contributed by atoms with van der Waals surface area (Å²) in [6.07, 6.45) is 0. The molecular formula is C15H14ClNO4. The zero-order valence-corrected chi connectivity index (χ0v) is 12.2. The summed E-state index contributed by atoms with van der Waals surface area (Å²) in [6, 6.07) is 12.4. The number of halogens is 1. The van der Waals surface area contributed by atoms with Gasteiger partial charge < -0.3 is 9.47 Å². The molecule has 110 valence electrons. The van der Waals surface area contributed by atoms with Gasteiger partial charge in [0.25, 0.3) is 5.69 Å². The molecule has 0 N–H and O–H groups in total. The SMILES string of the molecule is COc1cc(CCl)c([N+](=O)[O-])cc1OCc1ccccc1. The number of hydrogen-bond acceptors (Lipinski definition) is 4. The Morgan fingerprint density at radius 3 is 2.48 bits per heavy atom. The molecule has 2 aromatic rings. The van der Waals surface area contributed by atoms with E-state index in [2.05, 4.69) is 0 Å². The number of nitro benzene ring substituents is 1. The third-order valence-electron chi connectivity index (χ3n) is 2.94. The van der Waals surface area contributed by atoms with Crippen LogP contribution in [-0.4, -0.2) is 12.0 Å². The molecule has 0 aliphatic heterocycles. The van der Waals surface area contributed by atoms with Crippen LogP contribution in [0.5, 0.6) is 11.5 Å². The molecule has 0 saturated heterocycles. The van der Waals surface area contributed by atoms with E-state index in [1.807, 2.05) is 30.3 Å². The van der Waals surface area contributed by atoms with Crippen molar-refractivity contribution in [2.45, 2.75) is 12.5 Å². The van der Waals surface area contributed by atoms with Crippen LogP contribution in [0.25, 0.3) is 0 Å². The highest BCUT2D eigenvalue weighted by molar-refractivity contribution is 6.17. The number of hydrogen-bond donors (Lipinski definition) is 0. The average Bonchev–Trinajstić information content (AvgIpc) is 2.52. The molecule has 0 aromatic heterocycles. The largest absolute Gasteiger partial charge is 0.493 e. The van der Waals surface area contributed by atoms with E-state index in [9.17, 15) is 10.1 Å². The van der Waals surface area contributed by atoms with Crippen molar-refractivity contribution in [3.05, 3.63) is 63.7 Å². The van der Waals surface area contributed by atoms with Gasteiger partial charge in [-0.3, -0.25) is 10.1 Å². The van der Waals surface area contributed by atoms with Crippen LogP contribution in [-0.2, 0) is 12.5 Å². The highest BCUT2D eigenvalue weighted by atomic mass is 35.5. The molecule has 0 heterocycles. The molecule has 0 radical (unpaired) electrons. The quantitative estimate of drug-likeness (QED) is 0.461. The lowest BCUT2D eigenvalue weighted by Gasteiger charge is -2.12. The van der Waals surface area contributed by atoms with E-state index in [1.165, 1.54) is 19.2 Å². The van der Waals surface area contributed by atoms with Gasteiger partial charge in [-0.15, -0.1) is 11.6 Å². The molecule has 0 spiro atoms. The fourth-order valence-electron chi connectivity index (χ4n) is 1.88. The van der Waals surface area contributed by atoms with Gasteiger partial charge in [0.2, 0.25) is 0 Å². The van der Waals surface area contributed by atoms with Gasteiger partial charge in [0.1, 0.15) is 6.61 Å². The zero-order chi connectivity index (χ0) is 15.2. The number of methoxy groups -OCH3 is 1. The number of rotatable bonds is 6. The fraction of sp³-hybridized carbons (Fsp3) is 0.200. The number of ether oxygens (including phenoxy) is 2. The number of nitro groups is 1. The van der Waals surface area contributed by atoms with Crippen molar-refractivity contribution in [2.75, 3.05) is 7.11 Å². The van der Waals surface area contributed by atoms with Gasteiger partial charge in [-0.1, -0.05) is 30.3 Å². The molecule has 6 heteroatoms. The first-order valence-electron chi connectivity index (χ1n) is 6.23. The van der Waals surface area contributed by atoms with Crippen molar-refractivity contribution in [3.63, 3.8) is 0 Å². The minimum atomic E-state index is -0.480. The van der Waals surface area contributed by atoms with Crippen molar-refractivity contribution in [2.24, 2.45) is 0 Å². The molecule has 0 fully saturated rings. The predicted octanol–water partition coefficient (Wildman–Crippen LogP) is 3.92. The second-order valence-electron chi connectivity index (χ2n) is 4.30. The van der Waals surface area contributed by atoms with Gasteiger partial charge in [-0.25, -0.2) is 0 Å². The monoisotopic (exact) mass is 307 g/mol. The molecule has 21 heavy (non-hydrogen) atoms. The molecule has 2 rings (SSSR count). The van der Waals surface area contributed by atoms with Crippen LogP contribution in [0.4, 0.5) is 5.69 Å². The van der Waals surface area contributed by atoms with Gasteiger partial charge in [0, 0.05) is 5.56 Å². The van der Waals surface area contributed by atoms with Crippen LogP contribution in [0.2, 0.25) is 0 Å². The van der Waals surface area contributed by atoms with Crippen LogP contribution < -0.4 is 9.47 Å². The maximum atomic E-state index is 11.1. The minimum absolute atomic E-state index is 0.0334. The molecule has 2 aromatic carbocycles. The van der Waals surface area contributed by atoms with E-state index >= 15 is 0 Å². The summed E-state index contributed by atoms with van der Waals surface area (Å²) in [6.45, 7) is 0.300. The Morgan fingerprint density at radius 2 is 1.90 bits per heavy atom. The summed E-state index contributed by atoms with van der Waals surface area (Å²) in [5.74, 6) is 0.778. The Bertz CT molecular complexity index is 631. The van der Waals surface area contributed by atoms with E-state index < -0.39 is 4.92 Å². The van der Waals surface area contributed by atoms with E-state index in [0.29, 0.717) is 23.7 Å². The molecular weight excluding hydrogens is 294 g/mol. The second kappa shape index (κ2) is 6.95. The van der Waals surface area contributed by atoms with Crippen LogP contribution in [0.3, 0.4) is 0 Å². The Labute approximate surface area is 127 Å². The van der Waals surface area contributed by atoms with Crippen LogP contribution in [0.1, 0.15) is 11.1 Å². The van der Waals surface area contributed by atoms with Crippen molar-refractivity contribution in [3.8, 4) is 11.5 Å². The van der Waals surface area contributed by atoms with Crippen LogP contribution in [0, 0.1) is 10.1 Å². The highest BCUT2D eigenvalue weighted by Gasteiger charge is 2.19. The van der Waals surface area contributed by atoms with Gasteiger partial charge in [0.05, 0.1) is 24.0 Å². The number of benzene rings is 2. The number of alkyl halides is 1. The summed E-state index contributed by atoms with van der Waals surface area (Å²) in [4.78, 5) is 10.6. The lowest BCUT2D eigenvalue weighted by molar-refractivity contribution is -0.385. The Hall–Kier alpha value is -2.27. The summed E-state index contributed by atoms with van der Waals surface area (Å²) >= 11 is 5.73. The predicted molar refractivity (Wildman–Crippen MR) is 80.0 cm³/mol. The average molecular weight is 308 g/mol. The van der Waals surface area contributed by atoms with Crippen molar-refractivity contribution in [1.82, 2.24) is 0 Å². The summed E-state index contributed by atoms with van der Waals surface area (Å²) < 4.78 is 10.8. The standard InChI is InChI=1S/C15H14ClNO4/c1-20-14-7-12(9-16)13(17(18)19)8-15(14)21-10-11-5-3-2-4-6-11/h2-8H,9-10H2,1H3. The smallest absolute Gasteiger partial charge is 0.277 e. The molecule has 0 amide bonds. The maximum Gasteiger partial charge on any atom is 0.277 e. The third kappa shape index (κ3) is 3.64. The molecule has 0 unspecified atom stereocenters. The summed E-state index contributed by atoms with van der Waals surface area (Å²) in [7, 11) is 1.48. The molecule has 0 aliphatic carbocycles. The van der Waals surface area contributed by atoms with E-state index in [0.717, 1.165) is 5.56 Å². The topological polar surface area (TPSA) is 61.6 Å². The molecule has 0 bridgehead atoms. The normalized spacial score (nSPS) is 10.2. The highest BCUT2D eigenvalue weighted by Crippen LogP contribution is 2.35. The van der Waals surface area contributed by atoms with Gasteiger partial charge in [-0.2, -0.15) is 0 Å². The lowest BCUT2D eigenvalue weighted by atomic mass is 10.1. The lowest BCUT2D eigenvalue weighted by Crippen LogP contribution is -2.01.